The number of nitrogens with one attached hydrogen (secondary N) is 1. The first-order valence-electron chi connectivity index (χ1n) is 8.29. The second-order valence-electron chi connectivity index (χ2n) is 7.09. The van der Waals surface area contributed by atoms with E-state index in [9.17, 15) is 9.59 Å². The molecule has 26 heavy (non-hydrogen) atoms. The third-order valence-corrected chi connectivity index (χ3v) is 3.62. The largest absolute Gasteiger partial charge is 0.478 e. The Morgan fingerprint density at radius 1 is 1.12 bits per heavy atom. The summed E-state index contributed by atoms with van der Waals surface area (Å²) in [6.07, 6.45) is 0. The molecule has 0 saturated carbocycles. The lowest BCUT2D eigenvalue weighted by atomic mass is 10.0. The Labute approximate surface area is 153 Å². The van der Waals surface area contributed by atoms with Crippen molar-refractivity contribution < 1.29 is 19.4 Å². The third kappa shape index (κ3) is 4.99. The Kier molecular flexibility index (Phi) is 5.55. The molecule has 0 fully saturated rings. The van der Waals surface area contributed by atoms with E-state index < -0.39 is 17.6 Å². The minimum absolute atomic E-state index is 0.0709. The van der Waals surface area contributed by atoms with Crippen LogP contribution < -0.4 is 11.1 Å². The molecule has 0 aliphatic heterocycles. The zero-order valence-electron chi connectivity index (χ0n) is 15.4. The van der Waals surface area contributed by atoms with Crippen LogP contribution in [0.1, 0.15) is 38.1 Å². The number of esters is 1. The highest BCUT2D eigenvalue weighted by atomic mass is 16.6. The molecule has 0 aliphatic carbocycles. The van der Waals surface area contributed by atoms with Crippen molar-refractivity contribution in [1.82, 2.24) is 0 Å². The van der Waals surface area contributed by atoms with Crippen molar-refractivity contribution in [3.63, 3.8) is 0 Å². The number of carbonyl (C=O) groups is 2. The number of carboxylic acid groups (broad SMARTS) is 1. The van der Waals surface area contributed by atoms with Gasteiger partial charge in [-0.05, 0) is 63.1 Å². The summed E-state index contributed by atoms with van der Waals surface area (Å²) >= 11 is 0. The van der Waals surface area contributed by atoms with Crippen LogP contribution in [0.5, 0.6) is 0 Å². The highest BCUT2D eigenvalue weighted by Crippen LogP contribution is 2.26. The van der Waals surface area contributed by atoms with Crippen LogP contribution in [0.25, 0.3) is 11.1 Å². The molecule has 0 bridgehead atoms. The Hall–Kier alpha value is -3.02. The molecule has 138 valence electrons. The zero-order valence-corrected chi connectivity index (χ0v) is 15.4. The van der Waals surface area contributed by atoms with Crippen molar-refractivity contribution in [2.75, 3.05) is 11.1 Å². The number of nitrogens with two attached hydrogens (primary N) is 1. The summed E-state index contributed by atoms with van der Waals surface area (Å²) in [7, 11) is 0. The van der Waals surface area contributed by atoms with Crippen molar-refractivity contribution in [2.24, 2.45) is 0 Å². The highest BCUT2D eigenvalue weighted by molar-refractivity contribution is 5.94. The molecular weight excluding hydrogens is 332 g/mol. The summed E-state index contributed by atoms with van der Waals surface area (Å²) in [5.41, 5.74) is 7.95. The molecule has 0 heterocycles. The van der Waals surface area contributed by atoms with Crippen LogP contribution in [-0.2, 0) is 9.53 Å². The number of aromatic carboxylic acids is 1. The van der Waals surface area contributed by atoms with Crippen molar-refractivity contribution in [2.45, 2.75) is 39.3 Å². The monoisotopic (exact) mass is 356 g/mol. The number of rotatable bonds is 5. The fraction of sp³-hybridized carbons (Fsp3) is 0.300. The van der Waals surface area contributed by atoms with E-state index in [4.69, 9.17) is 15.6 Å². The van der Waals surface area contributed by atoms with Crippen LogP contribution in [0.3, 0.4) is 0 Å². The van der Waals surface area contributed by atoms with Gasteiger partial charge in [-0.2, -0.15) is 0 Å². The molecule has 2 rings (SSSR count). The summed E-state index contributed by atoms with van der Waals surface area (Å²) in [5.74, 6) is -1.39. The van der Waals surface area contributed by atoms with Gasteiger partial charge in [-0.1, -0.05) is 18.2 Å². The van der Waals surface area contributed by atoms with Crippen LogP contribution in [0.15, 0.2) is 42.5 Å². The third-order valence-electron chi connectivity index (χ3n) is 3.62. The number of benzene rings is 2. The first-order chi connectivity index (χ1) is 12.1. The Bertz CT molecular complexity index is 825. The van der Waals surface area contributed by atoms with Gasteiger partial charge in [-0.3, -0.25) is 0 Å². The van der Waals surface area contributed by atoms with Gasteiger partial charge >= 0.3 is 11.9 Å². The minimum atomic E-state index is -1.06. The van der Waals surface area contributed by atoms with Crippen molar-refractivity contribution >= 4 is 23.3 Å². The van der Waals surface area contributed by atoms with Gasteiger partial charge in [-0.15, -0.1) is 0 Å². The lowest BCUT2D eigenvalue weighted by Crippen LogP contribution is -2.34. The second kappa shape index (κ2) is 7.47. The van der Waals surface area contributed by atoms with Gasteiger partial charge < -0.3 is 20.9 Å². The molecule has 0 saturated heterocycles. The topological polar surface area (TPSA) is 102 Å². The number of ether oxygens (including phenoxy) is 1. The SMILES string of the molecule is CC(Nc1cccc(-c2ccc(C(=O)O)c(N)c2)c1)C(=O)OC(C)(C)C. The molecule has 2 aromatic carbocycles. The van der Waals surface area contributed by atoms with Gasteiger partial charge in [0.2, 0.25) is 0 Å². The fourth-order valence-corrected chi connectivity index (χ4v) is 2.42. The van der Waals surface area contributed by atoms with E-state index in [-0.39, 0.29) is 17.2 Å². The number of hydrogen-bond acceptors (Lipinski definition) is 5. The summed E-state index contributed by atoms with van der Waals surface area (Å²) in [4.78, 5) is 23.2. The molecular formula is C20H24N2O4. The standard InChI is InChI=1S/C20H24N2O4/c1-12(19(25)26-20(2,3)4)22-15-7-5-6-13(10-15)14-8-9-16(18(23)24)17(21)11-14/h5-12,22H,21H2,1-4H3,(H,23,24). The maximum Gasteiger partial charge on any atom is 0.337 e. The smallest absolute Gasteiger partial charge is 0.337 e. The lowest BCUT2D eigenvalue weighted by molar-refractivity contribution is -0.155. The van der Waals surface area contributed by atoms with Crippen LogP contribution in [-0.4, -0.2) is 28.7 Å². The normalized spacial score (nSPS) is 12.3. The summed E-state index contributed by atoms with van der Waals surface area (Å²) < 4.78 is 5.36. The molecule has 0 spiro atoms. The molecule has 2 aromatic rings. The van der Waals surface area contributed by atoms with E-state index in [2.05, 4.69) is 5.32 Å². The van der Waals surface area contributed by atoms with Crippen LogP contribution in [0, 0.1) is 0 Å². The summed E-state index contributed by atoms with van der Waals surface area (Å²) in [6, 6.07) is 11.8. The first kappa shape index (κ1) is 19.3. The molecule has 6 heteroatoms. The van der Waals surface area contributed by atoms with Gasteiger partial charge in [0.15, 0.2) is 0 Å². The Morgan fingerprint density at radius 2 is 1.77 bits per heavy atom. The van der Waals surface area contributed by atoms with Crippen LogP contribution in [0.4, 0.5) is 11.4 Å². The van der Waals surface area contributed by atoms with Crippen molar-refractivity contribution in [3.05, 3.63) is 48.0 Å². The summed E-state index contributed by atoms with van der Waals surface area (Å²) in [6.45, 7) is 7.21. The van der Waals surface area contributed by atoms with E-state index in [0.29, 0.717) is 0 Å². The number of carbonyl (C=O) groups excluding carboxylic acids is 1. The molecule has 1 atom stereocenters. The average molecular weight is 356 g/mol. The number of hydrogen-bond donors (Lipinski definition) is 3. The maximum atomic E-state index is 12.1. The Morgan fingerprint density at radius 3 is 2.35 bits per heavy atom. The lowest BCUT2D eigenvalue weighted by Gasteiger charge is -2.23. The Balaban J connectivity index is 2.19. The predicted molar refractivity (Wildman–Crippen MR) is 102 cm³/mol. The molecule has 0 aromatic heterocycles. The van der Waals surface area contributed by atoms with Crippen LogP contribution >= 0.6 is 0 Å². The quantitative estimate of drug-likeness (QED) is 0.557. The second-order valence-corrected chi connectivity index (χ2v) is 7.09. The van der Waals surface area contributed by atoms with Crippen LogP contribution in [0.2, 0.25) is 0 Å². The van der Waals surface area contributed by atoms with E-state index >= 15 is 0 Å². The van der Waals surface area contributed by atoms with E-state index in [1.54, 1.807) is 19.1 Å². The molecule has 6 nitrogen and oxygen atoms in total. The zero-order chi connectivity index (χ0) is 19.5. The van der Waals surface area contributed by atoms with Gasteiger partial charge in [-0.25, -0.2) is 9.59 Å². The maximum absolute atomic E-state index is 12.1. The van der Waals surface area contributed by atoms with E-state index in [1.165, 1.54) is 6.07 Å². The predicted octanol–water partition coefficient (Wildman–Crippen LogP) is 3.78. The molecule has 0 amide bonds. The number of nitrogen functional groups attached to an aromatic ring is 1. The van der Waals surface area contributed by atoms with Crippen molar-refractivity contribution in [3.8, 4) is 11.1 Å². The van der Waals surface area contributed by atoms with E-state index in [0.717, 1.165) is 16.8 Å². The van der Waals surface area contributed by atoms with Crippen molar-refractivity contribution in [1.29, 1.82) is 0 Å². The average Bonchev–Trinajstić information content (AvgIpc) is 2.53. The fourth-order valence-electron chi connectivity index (χ4n) is 2.42. The number of carboxylic acids is 1. The van der Waals surface area contributed by atoms with Gasteiger partial charge in [0.05, 0.1) is 5.56 Å². The summed E-state index contributed by atoms with van der Waals surface area (Å²) in [5, 5.41) is 12.2. The van der Waals surface area contributed by atoms with Gasteiger partial charge in [0, 0.05) is 11.4 Å². The minimum Gasteiger partial charge on any atom is -0.478 e. The molecule has 0 radical (unpaired) electrons. The first-order valence-corrected chi connectivity index (χ1v) is 8.29. The van der Waals surface area contributed by atoms with E-state index in [1.807, 2.05) is 45.0 Å². The molecule has 4 N–H and O–H groups in total. The molecule has 0 aliphatic rings. The van der Waals surface area contributed by atoms with Gasteiger partial charge in [0.1, 0.15) is 11.6 Å². The molecule has 1 unspecified atom stereocenters. The van der Waals surface area contributed by atoms with Gasteiger partial charge in [0.25, 0.3) is 0 Å². The number of anilines is 2. The highest BCUT2D eigenvalue weighted by Gasteiger charge is 2.21.